The summed E-state index contributed by atoms with van der Waals surface area (Å²) in [5.41, 5.74) is 1.55. The first-order valence-electron chi connectivity index (χ1n) is 4.60. The molecule has 0 heterocycles. The zero-order valence-electron chi connectivity index (χ0n) is 8.66. The second-order valence-corrected chi connectivity index (χ2v) is 3.36. The van der Waals surface area contributed by atoms with E-state index in [0.29, 0.717) is 5.56 Å². The van der Waals surface area contributed by atoms with Gasteiger partial charge in [0.25, 0.3) is 0 Å². The van der Waals surface area contributed by atoms with Gasteiger partial charge in [-0.15, -0.1) is 0 Å². The van der Waals surface area contributed by atoms with Crippen LogP contribution in [0.5, 0.6) is 0 Å². The molecule has 0 aromatic heterocycles. The molecule has 82 valence electrons. The van der Waals surface area contributed by atoms with Crippen molar-refractivity contribution >= 4 is 5.97 Å². The van der Waals surface area contributed by atoms with Crippen molar-refractivity contribution < 1.29 is 19.0 Å². The summed E-state index contributed by atoms with van der Waals surface area (Å²) >= 11 is 0. The molecule has 3 nitrogen and oxygen atoms in total. The van der Waals surface area contributed by atoms with Gasteiger partial charge in [-0.2, -0.15) is 0 Å². The predicted octanol–water partition coefficient (Wildman–Crippen LogP) is 2.12. The number of rotatable bonds is 4. The average Bonchev–Trinajstić information content (AvgIpc) is 2.18. The largest absolute Gasteiger partial charge is 0.479 e. The standard InChI is InChI=1S/C11H13FO3/c1-7-3-4-10(12)5-9(7)6-15-8(2)11(13)14/h3-5,8H,6H2,1-2H3,(H,13,14). The van der Waals surface area contributed by atoms with Crippen LogP contribution in [0.2, 0.25) is 0 Å². The van der Waals surface area contributed by atoms with Crippen LogP contribution in [0.4, 0.5) is 4.39 Å². The van der Waals surface area contributed by atoms with Crippen LogP contribution < -0.4 is 0 Å². The lowest BCUT2D eigenvalue weighted by Crippen LogP contribution is -2.19. The Balaban J connectivity index is 2.65. The molecule has 1 aromatic rings. The van der Waals surface area contributed by atoms with Crippen molar-refractivity contribution in [1.29, 1.82) is 0 Å². The quantitative estimate of drug-likeness (QED) is 0.831. The normalized spacial score (nSPS) is 12.5. The Morgan fingerprint density at radius 3 is 2.87 bits per heavy atom. The van der Waals surface area contributed by atoms with E-state index in [1.807, 2.05) is 6.92 Å². The van der Waals surface area contributed by atoms with E-state index in [-0.39, 0.29) is 12.4 Å². The number of hydrogen-bond acceptors (Lipinski definition) is 2. The van der Waals surface area contributed by atoms with E-state index in [2.05, 4.69) is 0 Å². The fourth-order valence-corrected chi connectivity index (χ4v) is 1.08. The zero-order valence-corrected chi connectivity index (χ0v) is 8.66. The minimum atomic E-state index is -1.02. The number of aryl methyl sites for hydroxylation is 1. The number of benzene rings is 1. The van der Waals surface area contributed by atoms with Crippen molar-refractivity contribution in [2.45, 2.75) is 26.6 Å². The van der Waals surface area contributed by atoms with Crippen molar-refractivity contribution in [3.63, 3.8) is 0 Å². The number of hydrogen-bond donors (Lipinski definition) is 1. The summed E-state index contributed by atoms with van der Waals surface area (Å²) in [5, 5.41) is 8.58. The van der Waals surface area contributed by atoms with E-state index < -0.39 is 12.1 Å². The van der Waals surface area contributed by atoms with Crippen LogP contribution in [0.25, 0.3) is 0 Å². The van der Waals surface area contributed by atoms with Crippen LogP contribution in [-0.2, 0) is 16.1 Å². The highest BCUT2D eigenvalue weighted by Gasteiger charge is 2.11. The third kappa shape index (κ3) is 3.32. The Morgan fingerprint density at radius 1 is 1.60 bits per heavy atom. The van der Waals surface area contributed by atoms with Crippen molar-refractivity contribution in [2.75, 3.05) is 0 Å². The second kappa shape index (κ2) is 4.89. The SMILES string of the molecule is Cc1ccc(F)cc1COC(C)C(=O)O. The van der Waals surface area contributed by atoms with E-state index in [1.54, 1.807) is 6.07 Å². The lowest BCUT2D eigenvalue weighted by molar-refractivity contribution is -0.149. The lowest BCUT2D eigenvalue weighted by Gasteiger charge is -2.10. The highest BCUT2D eigenvalue weighted by atomic mass is 19.1. The summed E-state index contributed by atoms with van der Waals surface area (Å²) in [5.74, 6) is -1.37. The summed E-state index contributed by atoms with van der Waals surface area (Å²) < 4.78 is 17.9. The number of carboxylic acid groups (broad SMARTS) is 1. The maximum atomic E-state index is 12.9. The van der Waals surface area contributed by atoms with Crippen LogP contribution in [-0.4, -0.2) is 17.2 Å². The minimum absolute atomic E-state index is 0.108. The van der Waals surface area contributed by atoms with Gasteiger partial charge in [0.2, 0.25) is 0 Å². The molecule has 1 N–H and O–H groups in total. The van der Waals surface area contributed by atoms with Gasteiger partial charge in [-0.05, 0) is 37.1 Å². The van der Waals surface area contributed by atoms with Gasteiger partial charge in [-0.1, -0.05) is 6.07 Å². The number of ether oxygens (including phenoxy) is 1. The highest BCUT2D eigenvalue weighted by molar-refractivity contribution is 5.71. The van der Waals surface area contributed by atoms with Gasteiger partial charge in [0.1, 0.15) is 5.82 Å². The molecule has 0 bridgehead atoms. The molecule has 1 rings (SSSR count). The molecule has 15 heavy (non-hydrogen) atoms. The van der Waals surface area contributed by atoms with Gasteiger partial charge in [0, 0.05) is 0 Å². The Kier molecular flexibility index (Phi) is 3.80. The maximum Gasteiger partial charge on any atom is 0.332 e. The van der Waals surface area contributed by atoms with Crippen molar-refractivity contribution in [1.82, 2.24) is 0 Å². The molecule has 1 aromatic carbocycles. The molecule has 1 atom stereocenters. The monoisotopic (exact) mass is 212 g/mol. The number of aliphatic carboxylic acids is 1. The molecule has 1 unspecified atom stereocenters. The number of carboxylic acids is 1. The molecule has 0 saturated heterocycles. The molecular weight excluding hydrogens is 199 g/mol. The van der Waals surface area contributed by atoms with Crippen LogP contribution >= 0.6 is 0 Å². The Bertz CT molecular complexity index is 363. The molecule has 4 heteroatoms. The smallest absolute Gasteiger partial charge is 0.332 e. The molecular formula is C11H13FO3. The first-order valence-corrected chi connectivity index (χ1v) is 4.60. The first-order chi connectivity index (χ1) is 7.00. The summed E-state index contributed by atoms with van der Waals surface area (Å²) in [7, 11) is 0. The Morgan fingerprint density at radius 2 is 2.27 bits per heavy atom. The molecule has 0 amide bonds. The van der Waals surface area contributed by atoms with Gasteiger partial charge in [-0.3, -0.25) is 0 Å². The molecule has 0 saturated carbocycles. The summed E-state index contributed by atoms with van der Waals surface area (Å²) in [4.78, 5) is 10.5. The molecule has 0 aliphatic heterocycles. The molecule has 0 spiro atoms. The van der Waals surface area contributed by atoms with Crippen LogP contribution in [0, 0.1) is 12.7 Å². The van der Waals surface area contributed by atoms with Crippen LogP contribution in [0.3, 0.4) is 0 Å². The van der Waals surface area contributed by atoms with Gasteiger partial charge >= 0.3 is 5.97 Å². The van der Waals surface area contributed by atoms with Crippen molar-refractivity contribution in [2.24, 2.45) is 0 Å². The summed E-state index contributed by atoms with van der Waals surface area (Å²) in [6, 6.07) is 4.35. The van der Waals surface area contributed by atoms with E-state index in [9.17, 15) is 9.18 Å². The van der Waals surface area contributed by atoms with E-state index >= 15 is 0 Å². The Hall–Kier alpha value is -1.42. The minimum Gasteiger partial charge on any atom is -0.479 e. The highest BCUT2D eigenvalue weighted by Crippen LogP contribution is 2.12. The van der Waals surface area contributed by atoms with Crippen molar-refractivity contribution in [3.05, 3.63) is 35.1 Å². The van der Waals surface area contributed by atoms with Gasteiger partial charge in [-0.25, -0.2) is 9.18 Å². The first kappa shape index (κ1) is 11.7. The maximum absolute atomic E-state index is 12.9. The fourth-order valence-electron chi connectivity index (χ4n) is 1.08. The Labute approximate surface area is 87.5 Å². The molecule has 0 aliphatic carbocycles. The van der Waals surface area contributed by atoms with Crippen LogP contribution in [0.1, 0.15) is 18.1 Å². The third-order valence-corrected chi connectivity index (χ3v) is 2.15. The van der Waals surface area contributed by atoms with E-state index in [1.165, 1.54) is 19.1 Å². The lowest BCUT2D eigenvalue weighted by atomic mass is 10.1. The molecule has 0 aliphatic rings. The average molecular weight is 212 g/mol. The van der Waals surface area contributed by atoms with Gasteiger partial charge in [0.05, 0.1) is 6.61 Å². The number of carbonyl (C=O) groups is 1. The van der Waals surface area contributed by atoms with E-state index in [0.717, 1.165) is 5.56 Å². The van der Waals surface area contributed by atoms with E-state index in [4.69, 9.17) is 9.84 Å². The molecule has 0 fully saturated rings. The van der Waals surface area contributed by atoms with Gasteiger partial charge in [0.15, 0.2) is 6.10 Å². The number of halogens is 1. The predicted molar refractivity (Wildman–Crippen MR) is 53.0 cm³/mol. The summed E-state index contributed by atoms with van der Waals surface area (Å²) in [6.07, 6.45) is -0.882. The fraction of sp³-hybridized carbons (Fsp3) is 0.364. The topological polar surface area (TPSA) is 46.5 Å². The zero-order chi connectivity index (χ0) is 11.4. The third-order valence-electron chi connectivity index (χ3n) is 2.15. The molecule has 0 radical (unpaired) electrons. The van der Waals surface area contributed by atoms with Crippen LogP contribution in [0.15, 0.2) is 18.2 Å². The van der Waals surface area contributed by atoms with Crippen molar-refractivity contribution in [3.8, 4) is 0 Å². The van der Waals surface area contributed by atoms with Gasteiger partial charge < -0.3 is 9.84 Å². The second-order valence-electron chi connectivity index (χ2n) is 3.36. The summed E-state index contributed by atoms with van der Waals surface area (Å²) in [6.45, 7) is 3.37.